The molecule has 0 aliphatic rings. The van der Waals surface area contributed by atoms with Crippen molar-refractivity contribution in [1.82, 2.24) is 0 Å². The van der Waals surface area contributed by atoms with Gasteiger partial charge in [0.05, 0.1) is 6.42 Å². The van der Waals surface area contributed by atoms with E-state index in [0.29, 0.717) is 5.56 Å². The Balaban J connectivity index is 1.93. The highest BCUT2D eigenvalue weighted by Gasteiger charge is 2.08. The van der Waals surface area contributed by atoms with Crippen LogP contribution in [0.2, 0.25) is 0 Å². The van der Waals surface area contributed by atoms with Crippen molar-refractivity contribution < 1.29 is 9.59 Å². The summed E-state index contributed by atoms with van der Waals surface area (Å²) in [5.41, 5.74) is 4.23. The highest BCUT2D eigenvalue weighted by atomic mass is 16.1. The predicted molar refractivity (Wildman–Crippen MR) is 104 cm³/mol. The van der Waals surface area contributed by atoms with Gasteiger partial charge in [-0.05, 0) is 36.5 Å². The van der Waals surface area contributed by atoms with Crippen LogP contribution in [0.4, 0.5) is 0 Å². The molecule has 25 heavy (non-hydrogen) atoms. The van der Waals surface area contributed by atoms with E-state index in [9.17, 15) is 9.59 Å². The van der Waals surface area contributed by atoms with Crippen molar-refractivity contribution in [1.29, 1.82) is 0 Å². The van der Waals surface area contributed by atoms with Crippen molar-refractivity contribution in [3.8, 4) is 11.1 Å². The van der Waals surface area contributed by atoms with Crippen LogP contribution in [0.3, 0.4) is 0 Å². The number of hydrogen-bond donors (Lipinski definition) is 0. The summed E-state index contributed by atoms with van der Waals surface area (Å²) < 4.78 is 0. The number of rotatable bonds is 10. The third kappa shape index (κ3) is 6.30. The minimum Gasteiger partial charge on any atom is -0.300 e. The van der Waals surface area contributed by atoms with E-state index in [1.54, 1.807) is 0 Å². The second-order valence-electron chi connectivity index (χ2n) is 6.74. The molecule has 0 saturated carbocycles. The zero-order valence-electron chi connectivity index (χ0n) is 15.4. The molecular formula is C23H28O2. The van der Waals surface area contributed by atoms with E-state index in [4.69, 9.17) is 0 Å². The molecule has 0 aliphatic heterocycles. The first-order valence-electron chi connectivity index (χ1n) is 9.32. The molecule has 0 atom stereocenters. The number of benzene rings is 2. The molecule has 132 valence electrons. The average molecular weight is 336 g/mol. The molecule has 0 aliphatic carbocycles. The number of ketones is 2. The number of Topliss-reactive ketones (excluding diaryl/α,β-unsaturated/α-hetero) is 2. The van der Waals surface area contributed by atoms with Crippen LogP contribution in [-0.2, 0) is 11.2 Å². The van der Waals surface area contributed by atoms with Crippen molar-refractivity contribution in [3.05, 3.63) is 59.7 Å². The second-order valence-corrected chi connectivity index (χ2v) is 6.74. The van der Waals surface area contributed by atoms with Crippen LogP contribution < -0.4 is 0 Å². The molecule has 2 rings (SSSR count). The Kier molecular flexibility index (Phi) is 7.59. The molecule has 0 amide bonds. The smallest absolute Gasteiger partial charge is 0.170 e. The van der Waals surface area contributed by atoms with Gasteiger partial charge in [-0.2, -0.15) is 0 Å². The maximum atomic E-state index is 11.9. The summed E-state index contributed by atoms with van der Waals surface area (Å²) in [4.78, 5) is 22.9. The van der Waals surface area contributed by atoms with Crippen LogP contribution in [0.15, 0.2) is 48.5 Å². The van der Waals surface area contributed by atoms with E-state index < -0.39 is 0 Å². The molecule has 2 aromatic carbocycles. The van der Waals surface area contributed by atoms with Gasteiger partial charge in [-0.3, -0.25) is 9.59 Å². The summed E-state index contributed by atoms with van der Waals surface area (Å²) in [6.07, 6.45) is 7.65. The molecule has 0 saturated heterocycles. The van der Waals surface area contributed by atoms with E-state index in [1.165, 1.54) is 44.6 Å². The van der Waals surface area contributed by atoms with Crippen molar-refractivity contribution in [2.24, 2.45) is 0 Å². The summed E-state index contributed by atoms with van der Waals surface area (Å²) in [5.74, 6) is -0.211. The fraction of sp³-hybridized carbons (Fsp3) is 0.391. The minimum atomic E-state index is -0.113. The number of carbonyl (C=O) groups excluding carboxylic acids is 2. The molecule has 0 radical (unpaired) electrons. The monoisotopic (exact) mass is 336 g/mol. The van der Waals surface area contributed by atoms with Crippen molar-refractivity contribution >= 4 is 11.6 Å². The summed E-state index contributed by atoms with van der Waals surface area (Å²) in [5, 5.41) is 0. The van der Waals surface area contributed by atoms with Gasteiger partial charge < -0.3 is 0 Å². The first kappa shape index (κ1) is 19.1. The zero-order chi connectivity index (χ0) is 18.1. The van der Waals surface area contributed by atoms with Gasteiger partial charge in [-0.1, -0.05) is 81.1 Å². The molecule has 0 aromatic heterocycles. The molecule has 0 N–H and O–H groups in total. The third-order valence-corrected chi connectivity index (χ3v) is 4.47. The fourth-order valence-electron chi connectivity index (χ4n) is 2.97. The van der Waals surface area contributed by atoms with E-state index in [2.05, 4.69) is 31.2 Å². The van der Waals surface area contributed by atoms with Gasteiger partial charge in [0.2, 0.25) is 0 Å². The molecule has 0 heterocycles. The van der Waals surface area contributed by atoms with Crippen LogP contribution >= 0.6 is 0 Å². The molecule has 0 fully saturated rings. The fourth-order valence-corrected chi connectivity index (χ4v) is 2.97. The summed E-state index contributed by atoms with van der Waals surface area (Å²) in [6, 6.07) is 16.2. The number of aryl methyl sites for hydroxylation is 1. The van der Waals surface area contributed by atoms with Crippen molar-refractivity contribution in [2.75, 3.05) is 0 Å². The Morgan fingerprint density at radius 3 is 1.88 bits per heavy atom. The van der Waals surface area contributed by atoms with Gasteiger partial charge >= 0.3 is 0 Å². The first-order chi connectivity index (χ1) is 12.1. The van der Waals surface area contributed by atoms with Gasteiger partial charge in [-0.25, -0.2) is 0 Å². The Labute approximate surface area is 151 Å². The predicted octanol–water partition coefficient (Wildman–Crippen LogP) is 6.03. The van der Waals surface area contributed by atoms with E-state index >= 15 is 0 Å². The molecule has 0 bridgehead atoms. The standard InChI is InChI=1S/C23H28O2/c1-3-4-5-6-7-8-19-9-11-20(12-10-19)21-13-15-22(16-14-21)23(25)17-18(2)24/h9-16H,3-8,17H2,1-2H3. The van der Waals surface area contributed by atoms with Gasteiger partial charge in [-0.15, -0.1) is 0 Å². The quantitative estimate of drug-likeness (QED) is 0.302. The summed E-state index contributed by atoms with van der Waals surface area (Å²) in [6.45, 7) is 3.68. The largest absolute Gasteiger partial charge is 0.300 e. The Morgan fingerprint density at radius 1 is 0.760 bits per heavy atom. The zero-order valence-corrected chi connectivity index (χ0v) is 15.4. The average Bonchev–Trinajstić information content (AvgIpc) is 2.62. The van der Waals surface area contributed by atoms with Gasteiger partial charge in [0, 0.05) is 5.56 Å². The molecule has 2 heteroatoms. The Hall–Kier alpha value is -2.22. The van der Waals surface area contributed by atoms with Gasteiger partial charge in [0.25, 0.3) is 0 Å². The van der Waals surface area contributed by atoms with Crippen LogP contribution in [0, 0.1) is 0 Å². The van der Waals surface area contributed by atoms with Crippen molar-refractivity contribution in [3.63, 3.8) is 0 Å². The molecule has 2 aromatic rings. The van der Waals surface area contributed by atoms with Crippen LogP contribution in [0.5, 0.6) is 0 Å². The van der Waals surface area contributed by atoms with Gasteiger partial charge in [0.15, 0.2) is 5.78 Å². The topological polar surface area (TPSA) is 34.1 Å². The maximum absolute atomic E-state index is 11.9. The van der Waals surface area contributed by atoms with Crippen LogP contribution in [0.1, 0.15) is 68.3 Å². The molecule has 2 nitrogen and oxygen atoms in total. The lowest BCUT2D eigenvalue weighted by Gasteiger charge is -2.06. The maximum Gasteiger partial charge on any atom is 0.170 e. The summed E-state index contributed by atoms with van der Waals surface area (Å²) in [7, 11) is 0. The first-order valence-corrected chi connectivity index (χ1v) is 9.32. The number of carbonyl (C=O) groups is 2. The lowest BCUT2D eigenvalue weighted by atomic mass is 9.99. The van der Waals surface area contributed by atoms with Crippen molar-refractivity contribution in [2.45, 2.75) is 58.8 Å². The normalized spacial score (nSPS) is 10.6. The Bertz CT molecular complexity index is 681. The molecular weight excluding hydrogens is 308 g/mol. The number of unbranched alkanes of at least 4 members (excludes halogenated alkanes) is 4. The third-order valence-electron chi connectivity index (χ3n) is 4.47. The Morgan fingerprint density at radius 2 is 1.32 bits per heavy atom. The van der Waals surface area contributed by atoms with Crippen LogP contribution in [-0.4, -0.2) is 11.6 Å². The minimum absolute atomic E-state index is 0.0215. The molecule has 0 unspecified atom stereocenters. The SMILES string of the molecule is CCCCCCCc1ccc(-c2ccc(C(=O)CC(C)=O)cc2)cc1. The highest BCUT2D eigenvalue weighted by Crippen LogP contribution is 2.21. The lowest BCUT2D eigenvalue weighted by Crippen LogP contribution is -2.04. The number of hydrogen-bond acceptors (Lipinski definition) is 2. The molecule has 0 spiro atoms. The van der Waals surface area contributed by atoms with Gasteiger partial charge in [0.1, 0.15) is 5.78 Å². The summed E-state index contributed by atoms with van der Waals surface area (Å²) >= 11 is 0. The van der Waals surface area contributed by atoms with Crippen LogP contribution in [0.25, 0.3) is 11.1 Å². The van der Waals surface area contributed by atoms with E-state index in [1.807, 2.05) is 24.3 Å². The van der Waals surface area contributed by atoms with E-state index in [0.717, 1.165) is 17.5 Å². The van der Waals surface area contributed by atoms with E-state index in [-0.39, 0.29) is 18.0 Å². The highest BCUT2D eigenvalue weighted by molar-refractivity contribution is 6.07. The second kappa shape index (κ2) is 9.93. The lowest BCUT2D eigenvalue weighted by molar-refractivity contribution is -0.116.